The number of hydrogen-bond donors (Lipinski definition) is 4. The van der Waals surface area contributed by atoms with Gasteiger partial charge in [-0.15, -0.1) is 0 Å². The number of rotatable bonds is 9. The lowest BCUT2D eigenvalue weighted by Crippen LogP contribution is -2.27. The van der Waals surface area contributed by atoms with E-state index < -0.39 is 5.97 Å². The molecule has 5 heteroatoms. The summed E-state index contributed by atoms with van der Waals surface area (Å²) in [7, 11) is 0. The second kappa shape index (κ2) is 13.6. The van der Waals surface area contributed by atoms with Gasteiger partial charge < -0.3 is 20.6 Å². The predicted molar refractivity (Wildman–Crippen MR) is 164 cm³/mol. The average Bonchev–Trinajstić information content (AvgIpc) is 2.97. The second-order valence-electron chi connectivity index (χ2n) is 10.2. The third kappa shape index (κ3) is 6.99. The number of carboxylic acids is 1. The summed E-state index contributed by atoms with van der Waals surface area (Å²) in [5.74, 6) is -0.142. The Morgan fingerprint density at radius 2 is 1.23 bits per heavy atom. The van der Waals surface area contributed by atoms with Crippen molar-refractivity contribution in [3.8, 4) is 22.6 Å². The predicted octanol–water partition coefficient (Wildman–Crippen LogP) is 8.30. The van der Waals surface area contributed by atoms with E-state index in [0.717, 1.165) is 40.9 Å². The first kappa shape index (κ1) is 28.7. The lowest BCUT2D eigenvalue weighted by Gasteiger charge is -2.19. The molecule has 2 atom stereocenters. The molecule has 5 rings (SSSR count). The Morgan fingerprint density at radius 1 is 0.725 bits per heavy atom. The number of benzene rings is 5. The van der Waals surface area contributed by atoms with E-state index in [0.29, 0.717) is 11.1 Å². The van der Waals surface area contributed by atoms with Crippen LogP contribution < -0.4 is 5.32 Å². The lowest BCUT2D eigenvalue weighted by atomic mass is 9.92. The molecule has 0 fully saturated rings. The van der Waals surface area contributed by atoms with Gasteiger partial charge in [0.2, 0.25) is 0 Å². The van der Waals surface area contributed by atoms with Crippen molar-refractivity contribution in [3.63, 3.8) is 0 Å². The van der Waals surface area contributed by atoms with Gasteiger partial charge in [-0.1, -0.05) is 104 Å². The van der Waals surface area contributed by atoms with Crippen LogP contribution in [-0.2, 0) is 4.79 Å². The highest BCUT2D eigenvalue weighted by Gasteiger charge is 2.16. The fourth-order valence-corrected chi connectivity index (χ4v) is 5.18. The summed E-state index contributed by atoms with van der Waals surface area (Å²) in [6.45, 7) is 4.96. The van der Waals surface area contributed by atoms with Gasteiger partial charge in [-0.05, 0) is 65.0 Å². The Labute approximate surface area is 235 Å². The molecule has 0 bridgehead atoms. The third-order valence-electron chi connectivity index (χ3n) is 7.24. The molecular weight excluding hydrogens is 498 g/mol. The van der Waals surface area contributed by atoms with Crippen LogP contribution in [0.25, 0.3) is 32.7 Å². The number of carboxylic acid groups (broad SMARTS) is 1. The molecule has 40 heavy (non-hydrogen) atoms. The molecule has 0 saturated heterocycles. The zero-order chi connectivity index (χ0) is 28.5. The van der Waals surface area contributed by atoms with Crippen LogP contribution in [-0.4, -0.2) is 27.8 Å². The number of aromatic hydroxyl groups is 2. The third-order valence-corrected chi connectivity index (χ3v) is 7.24. The standard InChI is InChI=1S/C20H14O2.C15H23NO2/c21-17-11-9-13-5-1-3-7-15(13)19(17)20-16-8-4-2-6-14(16)10-12-18(20)22;1-3-7-13(10-15(17)18)11-16-12(2)14-8-5-4-6-9-14/h1-12,21-22H;4-6,8-9,12-13,16H,3,7,10-11H2,1-2H3,(H,17,18)/t;12-,13+/m.0/s1. The molecule has 0 amide bonds. The van der Waals surface area contributed by atoms with Crippen LogP contribution >= 0.6 is 0 Å². The van der Waals surface area contributed by atoms with Crippen LogP contribution in [0.1, 0.15) is 44.7 Å². The van der Waals surface area contributed by atoms with Gasteiger partial charge in [0.25, 0.3) is 0 Å². The molecule has 0 saturated carbocycles. The topological polar surface area (TPSA) is 89.8 Å². The molecule has 0 aliphatic heterocycles. The number of phenols is 2. The smallest absolute Gasteiger partial charge is 0.303 e. The zero-order valence-electron chi connectivity index (χ0n) is 23.0. The molecule has 0 radical (unpaired) electrons. The normalized spacial score (nSPS) is 12.4. The quantitative estimate of drug-likeness (QED) is 0.152. The first-order valence-electron chi connectivity index (χ1n) is 13.8. The average molecular weight is 536 g/mol. The molecule has 5 aromatic carbocycles. The van der Waals surface area contributed by atoms with Gasteiger partial charge in [0.15, 0.2) is 0 Å². The minimum atomic E-state index is -0.706. The highest BCUT2D eigenvalue weighted by atomic mass is 16.4. The Kier molecular flexibility index (Phi) is 9.76. The minimum absolute atomic E-state index is 0.172. The van der Waals surface area contributed by atoms with Gasteiger partial charge in [-0.2, -0.15) is 0 Å². The van der Waals surface area contributed by atoms with Gasteiger partial charge in [0, 0.05) is 23.6 Å². The maximum Gasteiger partial charge on any atom is 0.303 e. The zero-order valence-corrected chi connectivity index (χ0v) is 23.0. The molecule has 4 N–H and O–H groups in total. The maximum atomic E-state index is 10.8. The number of carbonyl (C=O) groups is 1. The molecule has 0 spiro atoms. The maximum absolute atomic E-state index is 10.8. The number of fused-ring (bicyclic) bond motifs is 2. The Bertz CT molecular complexity index is 1480. The summed E-state index contributed by atoms with van der Waals surface area (Å²) in [4.78, 5) is 10.8. The van der Waals surface area contributed by atoms with E-state index in [1.807, 2.05) is 78.9 Å². The molecule has 0 unspecified atom stereocenters. The summed E-state index contributed by atoms with van der Waals surface area (Å²) in [6.07, 6.45) is 2.24. The van der Waals surface area contributed by atoms with E-state index in [1.165, 1.54) is 5.56 Å². The number of phenolic OH excluding ortho intramolecular Hbond substituents is 2. The highest BCUT2D eigenvalue weighted by Crippen LogP contribution is 2.44. The fourth-order valence-electron chi connectivity index (χ4n) is 5.18. The van der Waals surface area contributed by atoms with E-state index >= 15 is 0 Å². The second-order valence-corrected chi connectivity index (χ2v) is 10.2. The summed E-state index contributed by atoms with van der Waals surface area (Å²) < 4.78 is 0. The van der Waals surface area contributed by atoms with Crippen LogP contribution in [0.4, 0.5) is 0 Å². The fraction of sp³-hybridized carbons (Fsp3) is 0.229. The Hall–Kier alpha value is -4.35. The van der Waals surface area contributed by atoms with Crippen molar-refractivity contribution < 1.29 is 20.1 Å². The summed E-state index contributed by atoms with van der Waals surface area (Å²) >= 11 is 0. The van der Waals surface area contributed by atoms with Crippen LogP contribution in [0.15, 0.2) is 103 Å². The van der Waals surface area contributed by atoms with Crippen molar-refractivity contribution in [2.75, 3.05) is 6.54 Å². The molecule has 0 aliphatic carbocycles. The van der Waals surface area contributed by atoms with Gasteiger partial charge in [-0.25, -0.2) is 0 Å². The van der Waals surface area contributed by atoms with Crippen molar-refractivity contribution in [1.29, 1.82) is 0 Å². The molecular formula is C35H37NO4. The van der Waals surface area contributed by atoms with Crippen molar-refractivity contribution in [2.24, 2.45) is 5.92 Å². The summed E-state index contributed by atoms with van der Waals surface area (Å²) in [6, 6.07) is 33.3. The van der Waals surface area contributed by atoms with E-state index in [9.17, 15) is 15.0 Å². The molecule has 5 nitrogen and oxygen atoms in total. The van der Waals surface area contributed by atoms with Gasteiger partial charge >= 0.3 is 5.97 Å². The number of hydrogen-bond acceptors (Lipinski definition) is 4. The van der Waals surface area contributed by atoms with Crippen molar-refractivity contribution in [1.82, 2.24) is 5.32 Å². The largest absolute Gasteiger partial charge is 0.507 e. The van der Waals surface area contributed by atoms with Gasteiger partial charge in [0.1, 0.15) is 11.5 Å². The van der Waals surface area contributed by atoms with E-state index in [4.69, 9.17) is 5.11 Å². The number of nitrogens with one attached hydrogen (secondary N) is 1. The van der Waals surface area contributed by atoms with Gasteiger partial charge in [-0.3, -0.25) is 4.79 Å². The number of aliphatic carboxylic acids is 1. The first-order valence-corrected chi connectivity index (χ1v) is 13.8. The van der Waals surface area contributed by atoms with Crippen molar-refractivity contribution in [2.45, 2.75) is 39.2 Å². The van der Waals surface area contributed by atoms with Crippen molar-refractivity contribution in [3.05, 3.63) is 109 Å². The van der Waals surface area contributed by atoms with Gasteiger partial charge in [0.05, 0.1) is 0 Å². The molecule has 0 heterocycles. The monoisotopic (exact) mass is 535 g/mol. The Morgan fingerprint density at radius 3 is 1.73 bits per heavy atom. The van der Waals surface area contributed by atoms with Crippen LogP contribution in [0.2, 0.25) is 0 Å². The van der Waals surface area contributed by atoms with E-state index in [2.05, 4.69) is 31.3 Å². The summed E-state index contributed by atoms with van der Waals surface area (Å²) in [5.41, 5.74) is 2.59. The molecule has 0 aliphatic rings. The SMILES string of the molecule is CCC[C@@H](CN[C@@H](C)c1ccccc1)CC(=O)O.Oc1ccc2ccccc2c1-c1c(O)ccc2ccccc12. The molecule has 0 aromatic heterocycles. The highest BCUT2D eigenvalue weighted by molar-refractivity contribution is 6.09. The van der Waals surface area contributed by atoms with E-state index in [1.54, 1.807) is 12.1 Å². The van der Waals surface area contributed by atoms with E-state index in [-0.39, 0.29) is 29.9 Å². The lowest BCUT2D eigenvalue weighted by molar-refractivity contribution is -0.138. The molecule has 206 valence electrons. The Balaban J connectivity index is 0.000000190. The van der Waals surface area contributed by atoms with Crippen LogP contribution in [0.3, 0.4) is 0 Å². The molecule has 5 aromatic rings. The minimum Gasteiger partial charge on any atom is -0.507 e. The summed E-state index contributed by atoms with van der Waals surface area (Å²) in [5, 5.41) is 37.1. The van der Waals surface area contributed by atoms with Crippen molar-refractivity contribution >= 4 is 27.5 Å². The first-order chi connectivity index (χ1) is 19.4. The van der Waals surface area contributed by atoms with Crippen LogP contribution in [0, 0.1) is 5.92 Å². The van der Waals surface area contributed by atoms with Crippen LogP contribution in [0.5, 0.6) is 11.5 Å².